The van der Waals surface area contributed by atoms with Crippen LogP contribution in [-0.4, -0.2) is 11.1 Å². The van der Waals surface area contributed by atoms with Crippen molar-refractivity contribution in [1.82, 2.24) is 4.57 Å². The quantitative estimate of drug-likeness (QED) is 0.752. The van der Waals surface area contributed by atoms with E-state index in [1.54, 1.807) is 22.9 Å². The maximum atomic E-state index is 11.5. The number of aromatic nitrogens is 1. The first-order valence-corrected chi connectivity index (χ1v) is 4.52. The van der Waals surface area contributed by atoms with E-state index in [0.29, 0.717) is 6.54 Å². The molecule has 1 rings (SSSR count). The van der Waals surface area contributed by atoms with Gasteiger partial charge in [0.15, 0.2) is 0 Å². The van der Waals surface area contributed by atoms with Gasteiger partial charge < -0.3 is 10.3 Å². The van der Waals surface area contributed by atoms with Crippen LogP contribution in [-0.2, 0) is 5.54 Å². The molecule has 0 spiro atoms. The lowest BCUT2D eigenvalue weighted by molar-refractivity contribution is 0.307. The van der Waals surface area contributed by atoms with Crippen LogP contribution in [0.15, 0.2) is 29.2 Å². The molecule has 0 fully saturated rings. The van der Waals surface area contributed by atoms with Crippen molar-refractivity contribution in [1.29, 1.82) is 0 Å². The summed E-state index contributed by atoms with van der Waals surface area (Å²) < 4.78 is 1.70. The molecule has 0 aliphatic carbocycles. The Hall–Kier alpha value is -1.09. The minimum absolute atomic E-state index is 0.0114. The van der Waals surface area contributed by atoms with Crippen LogP contribution in [0, 0.1) is 0 Å². The van der Waals surface area contributed by atoms with Crippen molar-refractivity contribution < 1.29 is 0 Å². The Balaban J connectivity index is 3.20. The molecule has 1 aromatic heterocycles. The molecule has 0 aliphatic rings. The maximum Gasteiger partial charge on any atom is 0.251 e. The summed E-state index contributed by atoms with van der Waals surface area (Å²) in [7, 11) is 0. The number of hydrogen-bond donors (Lipinski definition) is 1. The van der Waals surface area contributed by atoms with Crippen molar-refractivity contribution in [3.63, 3.8) is 0 Å². The molecule has 1 unspecified atom stereocenters. The zero-order valence-corrected chi connectivity index (χ0v) is 8.16. The lowest BCUT2D eigenvalue weighted by Crippen LogP contribution is -2.43. The highest BCUT2D eigenvalue weighted by atomic mass is 16.1. The summed E-state index contributed by atoms with van der Waals surface area (Å²) in [5.41, 5.74) is 5.42. The second-order valence-electron chi connectivity index (χ2n) is 3.46. The topological polar surface area (TPSA) is 48.0 Å². The molecule has 0 aliphatic heterocycles. The third kappa shape index (κ3) is 1.80. The van der Waals surface area contributed by atoms with Crippen LogP contribution >= 0.6 is 0 Å². The summed E-state index contributed by atoms with van der Waals surface area (Å²) in [4.78, 5) is 11.5. The molecule has 1 atom stereocenters. The highest BCUT2D eigenvalue weighted by Gasteiger charge is 2.22. The summed E-state index contributed by atoms with van der Waals surface area (Å²) in [5, 5.41) is 0. The first-order chi connectivity index (χ1) is 6.14. The molecule has 1 aromatic rings. The summed E-state index contributed by atoms with van der Waals surface area (Å²) in [6, 6.07) is 5.15. The van der Waals surface area contributed by atoms with Crippen molar-refractivity contribution >= 4 is 0 Å². The van der Waals surface area contributed by atoms with Crippen LogP contribution in [0.2, 0.25) is 0 Å². The average molecular weight is 180 g/mol. The predicted molar refractivity (Wildman–Crippen MR) is 53.7 cm³/mol. The second kappa shape index (κ2) is 3.75. The monoisotopic (exact) mass is 180 g/mol. The lowest BCUT2D eigenvalue weighted by atomic mass is 9.99. The molecular weight excluding hydrogens is 164 g/mol. The predicted octanol–water partition coefficient (Wildman–Crippen LogP) is 0.932. The van der Waals surface area contributed by atoms with E-state index < -0.39 is 0 Å². The summed E-state index contributed by atoms with van der Waals surface area (Å²) in [6.07, 6.45) is 2.64. The van der Waals surface area contributed by atoms with Gasteiger partial charge >= 0.3 is 0 Å². The van der Waals surface area contributed by atoms with E-state index in [9.17, 15) is 4.79 Å². The van der Waals surface area contributed by atoms with Crippen molar-refractivity contribution in [2.24, 2.45) is 5.73 Å². The van der Waals surface area contributed by atoms with E-state index in [-0.39, 0.29) is 11.1 Å². The molecule has 0 aromatic carbocycles. The van der Waals surface area contributed by atoms with E-state index in [0.717, 1.165) is 6.42 Å². The number of pyridine rings is 1. The first kappa shape index (κ1) is 9.99. The van der Waals surface area contributed by atoms with E-state index >= 15 is 0 Å². The van der Waals surface area contributed by atoms with Crippen molar-refractivity contribution in [3.05, 3.63) is 34.7 Å². The standard InChI is InChI=1S/C10H16N2O/c1-3-10(2,8-11)12-7-5-4-6-9(12)13/h4-7H,3,8,11H2,1-2H3. The van der Waals surface area contributed by atoms with Crippen molar-refractivity contribution in [2.45, 2.75) is 25.8 Å². The molecule has 3 nitrogen and oxygen atoms in total. The van der Waals surface area contributed by atoms with Crippen LogP contribution in [0.4, 0.5) is 0 Å². The van der Waals surface area contributed by atoms with Gasteiger partial charge in [0.2, 0.25) is 0 Å². The Labute approximate surface area is 78.2 Å². The highest BCUT2D eigenvalue weighted by Crippen LogP contribution is 2.15. The minimum atomic E-state index is -0.252. The Morgan fingerprint density at radius 3 is 2.69 bits per heavy atom. The molecule has 3 heteroatoms. The zero-order chi connectivity index (χ0) is 9.90. The molecule has 0 bridgehead atoms. The van der Waals surface area contributed by atoms with E-state index in [1.807, 2.05) is 19.9 Å². The van der Waals surface area contributed by atoms with Crippen LogP contribution in [0.5, 0.6) is 0 Å². The van der Waals surface area contributed by atoms with Gasteiger partial charge in [0.05, 0.1) is 5.54 Å². The van der Waals surface area contributed by atoms with E-state index in [1.165, 1.54) is 0 Å². The molecule has 0 amide bonds. The van der Waals surface area contributed by atoms with Gasteiger partial charge in [-0.1, -0.05) is 13.0 Å². The molecule has 0 saturated heterocycles. The third-order valence-electron chi connectivity index (χ3n) is 2.61. The van der Waals surface area contributed by atoms with Crippen LogP contribution in [0.3, 0.4) is 0 Å². The van der Waals surface area contributed by atoms with Gasteiger partial charge in [0.1, 0.15) is 0 Å². The summed E-state index contributed by atoms with van der Waals surface area (Å²) >= 11 is 0. The SMILES string of the molecule is CCC(C)(CN)n1ccccc1=O. The fourth-order valence-electron chi connectivity index (χ4n) is 1.29. The number of nitrogens with two attached hydrogens (primary N) is 1. The van der Waals surface area contributed by atoms with Gasteiger partial charge in [-0.05, 0) is 19.4 Å². The number of rotatable bonds is 3. The molecule has 0 saturated carbocycles. The first-order valence-electron chi connectivity index (χ1n) is 4.52. The summed E-state index contributed by atoms with van der Waals surface area (Å²) in [6.45, 7) is 4.51. The minimum Gasteiger partial charge on any atom is -0.328 e. The Morgan fingerprint density at radius 1 is 1.54 bits per heavy atom. The second-order valence-corrected chi connectivity index (χ2v) is 3.46. The molecular formula is C10H16N2O. The van der Waals surface area contributed by atoms with Gasteiger partial charge in [0.25, 0.3) is 5.56 Å². The molecule has 1 heterocycles. The van der Waals surface area contributed by atoms with Crippen molar-refractivity contribution in [3.8, 4) is 0 Å². The zero-order valence-electron chi connectivity index (χ0n) is 8.16. The van der Waals surface area contributed by atoms with Gasteiger partial charge in [-0.15, -0.1) is 0 Å². The molecule has 0 radical (unpaired) electrons. The van der Waals surface area contributed by atoms with Crippen LogP contribution in [0.25, 0.3) is 0 Å². The highest BCUT2D eigenvalue weighted by molar-refractivity contribution is 4.98. The van der Waals surface area contributed by atoms with Crippen LogP contribution < -0.4 is 11.3 Å². The molecule has 13 heavy (non-hydrogen) atoms. The number of hydrogen-bond acceptors (Lipinski definition) is 2. The van der Waals surface area contributed by atoms with Gasteiger partial charge in [0, 0.05) is 18.8 Å². The molecule has 2 N–H and O–H groups in total. The summed E-state index contributed by atoms with van der Waals surface area (Å²) in [5.74, 6) is 0. The van der Waals surface area contributed by atoms with Crippen LogP contribution in [0.1, 0.15) is 20.3 Å². The van der Waals surface area contributed by atoms with Crippen molar-refractivity contribution in [2.75, 3.05) is 6.54 Å². The largest absolute Gasteiger partial charge is 0.328 e. The lowest BCUT2D eigenvalue weighted by Gasteiger charge is -2.28. The average Bonchev–Trinajstić information content (AvgIpc) is 2.17. The van der Waals surface area contributed by atoms with Gasteiger partial charge in [-0.3, -0.25) is 4.79 Å². The van der Waals surface area contributed by atoms with Gasteiger partial charge in [-0.2, -0.15) is 0 Å². The van der Waals surface area contributed by atoms with E-state index in [4.69, 9.17) is 5.73 Å². The Morgan fingerprint density at radius 2 is 2.23 bits per heavy atom. The number of nitrogens with zero attached hydrogens (tertiary/aromatic N) is 1. The van der Waals surface area contributed by atoms with E-state index in [2.05, 4.69) is 0 Å². The Bertz CT molecular complexity index is 326. The fraction of sp³-hybridized carbons (Fsp3) is 0.500. The maximum absolute atomic E-state index is 11.5. The molecule has 72 valence electrons. The normalized spacial score (nSPS) is 15.3. The Kier molecular flexibility index (Phi) is 2.88. The third-order valence-corrected chi connectivity index (χ3v) is 2.61. The smallest absolute Gasteiger partial charge is 0.251 e. The fourth-order valence-corrected chi connectivity index (χ4v) is 1.29. The van der Waals surface area contributed by atoms with Gasteiger partial charge in [-0.25, -0.2) is 0 Å².